The van der Waals surface area contributed by atoms with Gasteiger partial charge in [-0.25, -0.2) is 4.39 Å². The van der Waals surface area contributed by atoms with E-state index in [0.717, 1.165) is 18.4 Å². The van der Waals surface area contributed by atoms with Crippen LogP contribution < -0.4 is 21.1 Å². The largest absolute Gasteiger partial charge is 0.488 e. The van der Waals surface area contributed by atoms with Crippen molar-refractivity contribution in [3.63, 3.8) is 0 Å². The number of amides is 3. The van der Waals surface area contributed by atoms with Crippen molar-refractivity contribution in [2.75, 3.05) is 0 Å². The third kappa shape index (κ3) is 7.16. The average molecular weight is 684 g/mol. The number of primary amides is 1. The van der Waals surface area contributed by atoms with Gasteiger partial charge in [0.15, 0.2) is 0 Å². The normalized spacial score (nSPS) is 24.5. The number of para-hydroxylation sites is 1. The minimum Gasteiger partial charge on any atom is -0.488 e. The third-order valence-corrected chi connectivity index (χ3v) is 11.1. The molecule has 6 atom stereocenters. The number of nitrogens with two attached hydrogens (primary N) is 1. The maximum atomic E-state index is 15.2. The summed E-state index contributed by atoms with van der Waals surface area (Å²) in [6, 6.07) is 18.9. The molecule has 0 radical (unpaired) electrons. The quantitative estimate of drug-likeness (QED) is 0.200. The van der Waals surface area contributed by atoms with E-state index in [2.05, 4.69) is 45.3 Å². The molecule has 2 bridgehead atoms. The Morgan fingerprint density at radius 2 is 1.68 bits per heavy atom. The molecular weight excluding hydrogens is 636 g/mol. The van der Waals surface area contributed by atoms with Gasteiger partial charge in [0.25, 0.3) is 11.8 Å². The molecule has 264 valence electrons. The van der Waals surface area contributed by atoms with Crippen molar-refractivity contribution in [2.45, 2.75) is 90.6 Å². The van der Waals surface area contributed by atoms with Crippen LogP contribution in [0.3, 0.4) is 0 Å². The predicted octanol–water partition coefficient (Wildman–Crippen LogP) is 5.64. The fourth-order valence-corrected chi connectivity index (χ4v) is 8.19. The lowest BCUT2D eigenvalue weighted by Gasteiger charge is -2.64. The van der Waals surface area contributed by atoms with Crippen LogP contribution in [0, 0.1) is 29.0 Å². The molecular formula is C39H47BFN3O6. The van der Waals surface area contributed by atoms with Gasteiger partial charge < -0.3 is 30.4 Å². The number of ether oxygens (including phenoxy) is 1. The number of rotatable bonds is 13. The minimum atomic E-state index is -1.02. The molecule has 0 unspecified atom stereocenters. The van der Waals surface area contributed by atoms with E-state index in [9.17, 15) is 14.4 Å². The number of benzene rings is 3. The topological polar surface area (TPSA) is 129 Å². The van der Waals surface area contributed by atoms with Crippen LogP contribution in [0.15, 0.2) is 72.8 Å². The summed E-state index contributed by atoms with van der Waals surface area (Å²) >= 11 is 0. The first-order valence-electron chi connectivity index (χ1n) is 17.5. The fraction of sp³-hybridized carbons (Fsp3) is 0.462. The van der Waals surface area contributed by atoms with E-state index in [0.29, 0.717) is 23.8 Å². The zero-order valence-corrected chi connectivity index (χ0v) is 29.4. The van der Waals surface area contributed by atoms with Gasteiger partial charge >= 0.3 is 7.12 Å². The summed E-state index contributed by atoms with van der Waals surface area (Å²) in [5, 5.41) is 5.97. The fourth-order valence-electron chi connectivity index (χ4n) is 8.19. The number of nitrogens with one attached hydrogen (secondary N) is 2. The minimum absolute atomic E-state index is 0.0424. The second-order valence-corrected chi connectivity index (χ2v) is 15.3. The van der Waals surface area contributed by atoms with Crippen molar-refractivity contribution in [3.05, 3.63) is 101 Å². The Morgan fingerprint density at radius 1 is 0.960 bits per heavy atom. The average Bonchev–Trinajstić information content (AvgIpc) is 3.45. The Labute approximate surface area is 294 Å². The molecule has 4 aliphatic rings. The Kier molecular flexibility index (Phi) is 10.1. The summed E-state index contributed by atoms with van der Waals surface area (Å²) in [7, 11) is -0.631. The number of hydrogen-bond donors (Lipinski definition) is 3. The van der Waals surface area contributed by atoms with Gasteiger partial charge in [-0.15, -0.1) is 0 Å². The van der Waals surface area contributed by atoms with E-state index in [-0.39, 0.29) is 47.3 Å². The van der Waals surface area contributed by atoms with Crippen LogP contribution in [0.2, 0.25) is 0 Å². The van der Waals surface area contributed by atoms with Crippen LogP contribution in [0.1, 0.15) is 85.7 Å². The van der Waals surface area contributed by atoms with Crippen molar-refractivity contribution >= 4 is 24.8 Å². The van der Waals surface area contributed by atoms with Gasteiger partial charge in [-0.2, -0.15) is 0 Å². The number of carbonyl (C=O) groups excluding carboxylic acids is 3. The summed E-state index contributed by atoms with van der Waals surface area (Å²) in [5.74, 6) is -1.53. The van der Waals surface area contributed by atoms with Crippen molar-refractivity contribution in [1.29, 1.82) is 0 Å². The molecule has 3 aromatic rings. The molecule has 9 nitrogen and oxygen atoms in total. The molecule has 0 aromatic heterocycles. The molecule has 7 rings (SSSR count). The zero-order valence-electron chi connectivity index (χ0n) is 29.4. The Morgan fingerprint density at radius 3 is 2.38 bits per heavy atom. The molecule has 4 N–H and O–H groups in total. The molecule has 3 aromatic carbocycles. The lowest BCUT2D eigenvalue weighted by molar-refractivity contribution is -0.199. The first kappa shape index (κ1) is 35.6. The molecule has 3 amide bonds. The van der Waals surface area contributed by atoms with Crippen molar-refractivity contribution < 1.29 is 32.8 Å². The van der Waals surface area contributed by atoms with E-state index < -0.39 is 48.2 Å². The highest BCUT2D eigenvalue weighted by Crippen LogP contribution is 2.65. The lowest BCUT2D eigenvalue weighted by atomic mass is 9.43. The standard InChI is InChI=1S/C39H47BFN3O6/c1-23(2)17-34(40-49-33-21-26-20-32(38(26,3)4)39(33,5)50-40)44-37(47)30(19-24-11-7-6-8-12-24)43-36(46)28-18-25(15-16-29(28)41)22-48-31-14-10-9-13-27(31)35(42)45/h6-16,18,23,26,30,32-34H,17,19-22H2,1-5H3,(H2,42,45)(H,43,46)(H,44,47)/t26-,30-,32-,33+,34-,39-/m0/s1. The molecule has 1 heterocycles. The van der Waals surface area contributed by atoms with Crippen LogP contribution >= 0.6 is 0 Å². The second-order valence-electron chi connectivity index (χ2n) is 15.3. The van der Waals surface area contributed by atoms with E-state index in [1.807, 2.05) is 30.3 Å². The van der Waals surface area contributed by atoms with Crippen molar-refractivity contribution in [2.24, 2.45) is 28.9 Å². The van der Waals surface area contributed by atoms with Crippen molar-refractivity contribution in [3.8, 4) is 5.75 Å². The first-order chi connectivity index (χ1) is 23.8. The van der Waals surface area contributed by atoms with Crippen LogP contribution in [0.4, 0.5) is 4.39 Å². The van der Waals surface area contributed by atoms with Gasteiger partial charge in [0.05, 0.1) is 28.8 Å². The van der Waals surface area contributed by atoms with Gasteiger partial charge in [0.2, 0.25) is 5.91 Å². The lowest BCUT2D eigenvalue weighted by Crippen LogP contribution is -2.65. The van der Waals surface area contributed by atoms with Crippen LogP contribution in [0.5, 0.6) is 5.75 Å². The van der Waals surface area contributed by atoms with Gasteiger partial charge in [-0.05, 0) is 84.7 Å². The maximum Gasteiger partial charge on any atom is 0.481 e. The van der Waals surface area contributed by atoms with Gasteiger partial charge in [0.1, 0.15) is 24.2 Å². The monoisotopic (exact) mass is 683 g/mol. The molecule has 1 saturated heterocycles. The maximum absolute atomic E-state index is 15.2. The SMILES string of the molecule is CC(C)C[C@H](NC(=O)[C@H](Cc1ccccc1)NC(=O)c1cc(COc2ccccc2C(N)=O)ccc1F)B1O[C@@H]2C[C@@H]3C[C@@H](C3(C)C)[C@]2(C)O1. The summed E-state index contributed by atoms with van der Waals surface area (Å²) in [4.78, 5) is 39.6. The molecule has 4 fully saturated rings. The molecule has 50 heavy (non-hydrogen) atoms. The van der Waals surface area contributed by atoms with E-state index >= 15 is 4.39 Å². The molecule has 11 heteroatoms. The Balaban J connectivity index is 1.19. The van der Waals surface area contributed by atoms with Crippen LogP contribution in [-0.2, 0) is 27.1 Å². The van der Waals surface area contributed by atoms with Crippen molar-refractivity contribution in [1.82, 2.24) is 10.6 Å². The molecule has 1 aliphatic heterocycles. The molecule has 0 spiro atoms. The number of halogens is 1. The smallest absolute Gasteiger partial charge is 0.481 e. The van der Waals surface area contributed by atoms with Crippen LogP contribution in [-0.4, -0.2) is 48.5 Å². The number of hydrogen-bond acceptors (Lipinski definition) is 6. The van der Waals surface area contributed by atoms with E-state index in [1.54, 1.807) is 24.3 Å². The Bertz CT molecular complexity index is 1740. The molecule has 3 aliphatic carbocycles. The summed E-state index contributed by atoms with van der Waals surface area (Å²) < 4.78 is 34.3. The highest BCUT2D eigenvalue weighted by Gasteiger charge is 2.68. The summed E-state index contributed by atoms with van der Waals surface area (Å²) in [5.41, 5.74) is 6.50. The number of carbonyl (C=O) groups is 3. The highest BCUT2D eigenvalue weighted by molar-refractivity contribution is 6.48. The van der Waals surface area contributed by atoms with Gasteiger partial charge in [-0.3, -0.25) is 14.4 Å². The summed E-state index contributed by atoms with van der Waals surface area (Å²) in [6.45, 7) is 10.9. The predicted molar refractivity (Wildman–Crippen MR) is 189 cm³/mol. The third-order valence-electron chi connectivity index (χ3n) is 11.1. The second kappa shape index (κ2) is 14.2. The van der Waals surface area contributed by atoms with E-state index in [4.69, 9.17) is 19.8 Å². The first-order valence-corrected chi connectivity index (χ1v) is 17.5. The zero-order chi connectivity index (χ0) is 35.8. The molecule has 3 saturated carbocycles. The summed E-state index contributed by atoms with van der Waals surface area (Å²) in [6.07, 6.45) is 2.80. The highest BCUT2D eigenvalue weighted by atomic mass is 19.1. The Hall–Kier alpha value is -4.22. The van der Waals surface area contributed by atoms with Gasteiger partial charge in [0, 0.05) is 6.42 Å². The van der Waals surface area contributed by atoms with E-state index in [1.165, 1.54) is 18.2 Å². The van der Waals surface area contributed by atoms with Gasteiger partial charge in [-0.1, -0.05) is 76.2 Å². The van der Waals surface area contributed by atoms with Crippen LogP contribution in [0.25, 0.3) is 0 Å².